The first-order valence-corrected chi connectivity index (χ1v) is 19.8. The Morgan fingerprint density at radius 3 is 1.54 bits per heavy atom. The van der Waals surface area contributed by atoms with Gasteiger partial charge in [-0.2, -0.15) is 0 Å². The fourth-order valence-corrected chi connectivity index (χ4v) is 15.7. The molecule has 0 bridgehead atoms. The van der Waals surface area contributed by atoms with E-state index in [0.717, 1.165) is 0 Å². The summed E-state index contributed by atoms with van der Waals surface area (Å²) in [5.74, 6) is -1.28. The van der Waals surface area contributed by atoms with Crippen LogP contribution in [0, 0.1) is 0 Å². The van der Waals surface area contributed by atoms with Crippen molar-refractivity contribution in [3.63, 3.8) is 0 Å². The second-order valence-corrected chi connectivity index (χ2v) is 21.5. The molecule has 0 amide bonds. The zero-order chi connectivity index (χ0) is 22.7. The molecule has 0 aromatic heterocycles. The molecule has 0 saturated heterocycles. The van der Waals surface area contributed by atoms with E-state index < -0.39 is 5.94 Å². The van der Waals surface area contributed by atoms with Crippen LogP contribution in [-0.4, -0.2) is 5.94 Å². The molecule has 1 aliphatic carbocycles. The summed E-state index contributed by atoms with van der Waals surface area (Å²) in [4.78, 5) is 0. The molecule has 1 aromatic rings. The second kappa shape index (κ2) is 24.8. The molecule has 0 N–H and O–H groups in total. The molecule has 1 aromatic carbocycles. The molecule has 0 aliphatic heterocycles. The van der Waals surface area contributed by atoms with Gasteiger partial charge in [-0.3, -0.25) is 0 Å². The van der Waals surface area contributed by atoms with E-state index in [4.69, 9.17) is 0 Å². The van der Waals surface area contributed by atoms with E-state index in [2.05, 4.69) is 62.0 Å². The molecule has 0 nitrogen and oxygen atoms in total. The van der Waals surface area contributed by atoms with Crippen molar-refractivity contribution in [2.45, 2.75) is 129 Å². The molecule has 5 heteroatoms. The molecular formula is C30H53Cl3SiTi. The third kappa shape index (κ3) is 17.6. The van der Waals surface area contributed by atoms with Gasteiger partial charge in [-0.1, -0.05) is 45.4 Å². The van der Waals surface area contributed by atoms with Gasteiger partial charge in [-0.05, 0) is 0 Å². The van der Waals surface area contributed by atoms with E-state index in [1.165, 1.54) is 115 Å². The quantitative estimate of drug-likeness (QED) is 0.104. The Bertz CT molecular complexity index is 650. The maximum absolute atomic E-state index is 2.69. The normalized spacial score (nSPS) is 13.7. The van der Waals surface area contributed by atoms with Crippen molar-refractivity contribution in [2.24, 2.45) is 0 Å². The minimum Gasteiger partial charge on any atom is -0.147 e. The van der Waals surface area contributed by atoms with Gasteiger partial charge in [0, 0.05) is 0 Å². The van der Waals surface area contributed by atoms with E-state index in [1.807, 2.05) is 0 Å². The first kappa shape index (κ1) is 37.7. The van der Waals surface area contributed by atoms with Crippen LogP contribution in [0.3, 0.4) is 0 Å². The summed E-state index contributed by atoms with van der Waals surface area (Å²) in [6.07, 6.45) is 31.7. The standard InChI is InChI=1S/C25H45Si.C5H5.3ClH.Ti/c1-3-4-5-6-7-8-9-10-11-12-13-14-15-16-17-21-24-26(2)25-22-19-18-20-23-25;1-2-4-5-3-1;;;;/h18-20,22-23H,3-17,21,24H2,1-2H3;1-3H,4H2;3*1H;. The molecular weight excluding hydrogens is 543 g/mol. The minimum absolute atomic E-state index is 0. The van der Waals surface area contributed by atoms with Crippen LogP contribution in [0.25, 0.3) is 0 Å². The van der Waals surface area contributed by atoms with Gasteiger partial charge in [-0.25, -0.2) is 0 Å². The fourth-order valence-electron chi connectivity index (χ4n) is 5.01. The van der Waals surface area contributed by atoms with E-state index >= 15 is 0 Å². The van der Waals surface area contributed by atoms with Crippen molar-refractivity contribution < 1.29 is 18.4 Å². The molecule has 2 rings (SSSR count). The SMILES string of the molecule is CCCCCCCCCCCCCCCCCC[Si](C)([Ti][C]1=CC=CC1)c1ccccc1.Cl.Cl.Cl. The first-order valence-electron chi connectivity index (χ1n) is 13.9. The smallest absolute Gasteiger partial charge is 0.147 e. The third-order valence-corrected chi connectivity index (χ3v) is 18.2. The van der Waals surface area contributed by atoms with Crippen LogP contribution in [0.2, 0.25) is 12.6 Å². The van der Waals surface area contributed by atoms with Crippen molar-refractivity contribution in [1.82, 2.24) is 0 Å². The molecule has 35 heavy (non-hydrogen) atoms. The average molecular weight is 596 g/mol. The molecule has 202 valence electrons. The van der Waals surface area contributed by atoms with E-state index in [1.54, 1.807) is 9.06 Å². The summed E-state index contributed by atoms with van der Waals surface area (Å²) in [6.45, 7) is 4.99. The van der Waals surface area contributed by atoms with Crippen LogP contribution in [0.5, 0.6) is 0 Å². The number of allylic oxidation sites excluding steroid dienone is 4. The number of hydrogen-bond acceptors (Lipinski definition) is 0. The molecule has 0 radical (unpaired) electrons. The molecule has 0 fully saturated rings. The Kier molecular flexibility index (Phi) is 26.7. The summed E-state index contributed by atoms with van der Waals surface area (Å²) >= 11 is 0.0258. The van der Waals surface area contributed by atoms with Gasteiger partial charge in [0.05, 0.1) is 0 Å². The van der Waals surface area contributed by atoms with Crippen LogP contribution in [-0.2, 0) is 18.4 Å². The molecule has 1 aliphatic rings. The molecule has 0 spiro atoms. The minimum atomic E-state index is -1.28. The maximum atomic E-state index is 2.69. The monoisotopic (exact) mass is 594 g/mol. The number of benzene rings is 1. The first-order chi connectivity index (χ1) is 15.7. The Labute approximate surface area is 246 Å². The summed E-state index contributed by atoms with van der Waals surface area (Å²) in [5, 5.41) is 1.72. The number of unbranched alkanes of at least 4 members (excludes halogenated alkanes) is 15. The largest absolute Gasteiger partial charge is 0.147 e. The number of hydrogen-bond donors (Lipinski definition) is 0. The van der Waals surface area contributed by atoms with Crippen LogP contribution in [0.4, 0.5) is 0 Å². The predicted molar refractivity (Wildman–Crippen MR) is 166 cm³/mol. The summed E-state index contributed by atoms with van der Waals surface area (Å²) < 4.78 is 1.79. The Hall–Kier alpha value is 0.501. The van der Waals surface area contributed by atoms with E-state index in [-0.39, 0.29) is 55.6 Å². The maximum Gasteiger partial charge on any atom is -0.147 e. The van der Waals surface area contributed by atoms with Crippen molar-refractivity contribution >= 4 is 48.3 Å². The van der Waals surface area contributed by atoms with Gasteiger partial charge in [0.15, 0.2) is 0 Å². The summed E-state index contributed by atoms with van der Waals surface area (Å²) in [7, 11) is 0. The van der Waals surface area contributed by atoms with Gasteiger partial charge in [0.1, 0.15) is 0 Å². The zero-order valence-electron chi connectivity index (χ0n) is 22.6. The fraction of sp³-hybridized carbons (Fsp3) is 0.667. The topological polar surface area (TPSA) is 0 Å². The van der Waals surface area contributed by atoms with Crippen LogP contribution in [0.1, 0.15) is 116 Å². The van der Waals surface area contributed by atoms with Gasteiger partial charge < -0.3 is 0 Å². The van der Waals surface area contributed by atoms with Crippen molar-refractivity contribution in [1.29, 1.82) is 0 Å². The van der Waals surface area contributed by atoms with Gasteiger partial charge in [0.2, 0.25) is 0 Å². The van der Waals surface area contributed by atoms with E-state index in [0.29, 0.717) is 0 Å². The molecule has 1 unspecified atom stereocenters. The molecule has 1 atom stereocenters. The third-order valence-electron chi connectivity index (χ3n) is 7.15. The summed E-state index contributed by atoms with van der Waals surface area (Å²) in [6, 6.07) is 13.1. The summed E-state index contributed by atoms with van der Waals surface area (Å²) in [5.41, 5.74) is 0. The predicted octanol–water partition coefficient (Wildman–Crippen LogP) is 10.9. The van der Waals surface area contributed by atoms with Gasteiger partial charge in [0.25, 0.3) is 0 Å². The Morgan fingerprint density at radius 2 is 1.11 bits per heavy atom. The van der Waals surface area contributed by atoms with E-state index in [9.17, 15) is 0 Å². The van der Waals surface area contributed by atoms with Crippen LogP contribution in [0.15, 0.2) is 52.4 Å². The van der Waals surface area contributed by atoms with Crippen LogP contribution < -0.4 is 5.19 Å². The van der Waals surface area contributed by atoms with Gasteiger partial charge >= 0.3 is 165 Å². The van der Waals surface area contributed by atoms with Crippen molar-refractivity contribution in [3.05, 3.63) is 52.4 Å². The van der Waals surface area contributed by atoms with Crippen molar-refractivity contribution in [2.75, 3.05) is 0 Å². The molecule has 0 heterocycles. The second-order valence-electron chi connectivity index (χ2n) is 10.2. The molecule has 0 saturated carbocycles. The number of rotatable bonds is 20. The number of halogens is 3. The Balaban J connectivity index is 0. The average Bonchev–Trinajstić information content (AvgIpc) is 3.32. The van der Waals surface area contributed by atoms with Crippen LogP contribution >= 0.6 is 37.2 Å². The van der Waals surface area contributed by atoms with Gasteiger partial charge in [-0.15, -0.1) is 37.2 Å². The Morgan fingerprint density at radius 1 is 0.657 bits per heavy atom. The zero-order valence-corrected chi connectivity index (χ0v) is 27.6. The van der Waals surface area contributed by atoms with Crippen molar-refractivity contribution in [3.8, 4) is 0 Å².